The lowest BCUT2D eigenvalue weighted by Gasteiger charge is -2.08. The third-order valence-electron chi connectivity index (χ3n) is 2.63. The minimum atomic E-state index is 0.692. The summed E-state index contributed by atoms with van der Waals surface area (Å²) in [4.78, 5) is 9.82. The molecule has 0 atom stereocenters. The first-order valence-corrected chi connectivity index (χ1v) is 5.74. The molecule has 0 aliphatic heterocycles. The van der Waals surface area contributed by atoms with Crippen LogP contribution < -0.4 is 10.3 Å². The zero-order valence-electron chi connectivity index (χ0n) is 9.71. The highest BCUT2D eigenvalue weighted by atomic mass is 16.6. The van der Waals surface area contributed by atoms with Crippen molar-refractivity contribution in [3.8, 4) is 5.75 Å². The number of para-hydroxylation sites is 2. The van der Waals surface area contributed by atoms with Crippen molar-refractivity contribution in [2.24, 2.45) is 0 Å². The van der Waals surface area contributed by atoms with Crippen LogP contribution in [0.2, 0.25) is 0 Å². The van der Waals surface area contributed by atoms with Crippen LogP contribution in [0.4, 0.5) is 5.69 Å². The van der Waals surface area contributed by atoms with Gasteiger partial charge in [0.15, 0.2) is 5.75 Å². The van der Waals surface area contributed by atoms with Gasteiger partial charge in [-0.05, 0) is 24.3 Å². The molecule has 1 heterocycles. The Bertz CT molecular complexity index is 653. The molecule has 0 fully saturated rings. The van der Waals surface area contributed by atoms with E-state index in [4.69, 9.17) is 4.84 Å². The molecule has 0 radical (unpaired) electrons. The lowest BCUT2D eigenvalue weighted by Crippen LogP contribution is -2.04. The van der Waals surface area contributed by atoms with E-state index in [-0.39, 0.29) is 0 Å². The highest BCUT2D eigenvalue weighted by Crippen LogP contribution is 2.18. The van der Waals surface area contributed by atoms with Gasteiger partial charge in [-0.25, -0.2) is 5.48 Å². The Balaban J connectivity index is 1.79. The number of rotatable bonds is 3. The minimum Gasteiger partial charge on any atom is -0.381 e. The highest BCUT2D eigenvalue weighted by molar-refractivity contribution is 5.79. The molecule has 18 heavy (non-hydrogen) atoms. The average Bonchev–Trinajstić information content (AvgIpc) is 2.46. The second-order valence-corrected chi connectivity index (χ2v) is 3.93. The average molecular weight is 236 g/mol. The summed E-state index contributed by atoms with van der Waals surface area (Å²) in [5.74, 6) is 0.692. The first-order valence-electron chi connectivity index (χ1n) is 5.74. The monoisotopic (exact) mass is 236 g/mol. The summed E-state index contributed by atoms with van der Waals surface area (Å²) in [6.07, 6.45) is 1.71. The Kier molecular flexibility index (Phi) is 2.80. The molecule has 0 saturated carbocycles. The number of anilines is 1. The first-order chi connectivity index (χ1) is 8.92. The Morgan fingerprint density at radius 3 is 2.56 bits per heavy atom. The number of fused-ring (bicyclic) bond motifs is 1. The molecule has 0 aliphatic rings. The number of hydrogen-bond acceptors (Lipinski definition) is 3. The largest absolute Gasteiger partial charge is 0.381 e. The maximum absolute atomic E-state index is 5.49. The van der Waals surface area contributed by atoms with Gasteiger partial charge < -0.3 is 4.84 Å². The van der Waals surface area contributed by atoms with E-state index in [0.717, 1.165) is 16.6 Å². The van der Waals surface area contributed by atoms with E-state index in [1.165, 1.54) is 0 Å². The van der Waals surface area contributed by atoms with Crippen LogP contribution in [-0.2, 0) is 0 Å². The molecule has 2 aromatic carbocycles. The fraction of sp³-hybridized carbons (Fsp3) is 0. The van der Waals surface area contributed by atoms with E-state index in [1.54, 1.807) is 6.20 Å². The topological polar surface area (TPSA) is 34.1 Å². The molecule has 3 heteroatoms. The van der Waals surface area contributed by atoms with Gasteiger partial charge in [-0.1, -0.05) is 36.4 Å². The fourth-order valence-electron chi connectivity index (χ4n) is 1.73. The molecule has 0 bridgehead atoms. The smallest absolute Gasteiger partial charge is 0.173 e. The van der Waals surface area contributed by atoms with Gasteiger partial charge in [-0.2, -0.15) is 0 Å². The lowest BCUT2D eigenvalue weighted by molar-refractivity contribution is 0.404. The summed E-state index contributed by atoms with van der Waals surface area (Å²) in [6.45, 7) is 0. The zero-order chi connectivity index (χ0) is 12.2. The minimum absolute atomic E-state index is 0.692. The number of aromatic nitrogens is 1. The van der Waals surface area contributed by atoms with Gasteiger partial charge in [-0.3, -0.25) is 4.98 Å². The van der Waals surface area contributed by atoms with Crippen LogP contribution in [0.5, 0.6) is 5.75 Å². The summed E-state index contributed by atoms with van der Waals surface area (Å²) < 4.78 is 0. The number of pyridine rings is 1. The SMILES string of the molecule is c1ccc(NOc2cnc3ccccc3c2)cc1. The summed E-state index contributed by atoms with van der Waals surface area (Å²) in [7, 11) is 0. The molecule has 3 nitrogen and oxygen atoms in total. The van der Waals surface area contributed by atoms with Crippen molar-refractivity contribution >= 4 is 16.6 Å². The number of hydrogen-bond donors (Lipinski definition) is 1. The maximum Gasteiger partial charge on any atom is 0.173 e. The summed E-state index contributed by atoms with van der Waals surface area (Å²) in [5.41, 5.74) is 4.76. The third kappa shape index (κ3) is 2.25. The molecule has 88 valence electrons. The van der Waals surface area contributed by atoms with Crippen molar-refractivity contribution < 1.29 is 4.84 Å². The molecule has 0 aliphatic carbocycles. The maximum atomic E-state index is 5.49. The van der Waals surface area contributed by atoms with Gasteiger partial charge in [-0.15, -0.1) is 0 Å². The van der Waals surface area contributed by atoms with Crippen molar-refractivity contribution in [2.45, 2.75) is 0 Å². The van der Waals surface area contributed by atoms with Crippen LogP contribution in [0, 0.1) is 0 Å². The molecule has 0 amide bonds. The van der Waals surface area contributed by atoms with Crippen molar-refractivity contribution in [1.82, 2.24) is 4.98 Å². The molecule has 0 spiro atoms. The number of benzene rings is 2. The molecule has 1 N–H and O–H groups in total. The quantitative estimate of drug-likeness (QED) is 0.705. The fourth-order valence-corrected chi connectivity index (χ4v) is 1.73. The summed E-state index contributed by atoms with van der Waals surface area (Å²) in [6, 6.07) is 19.6. The zero-order valence-corrected chi connectivity index (χ0v) is 9.71. The molecular weight excluding hydrogens is 224 g/mol. The van der Waals surface area contributed by atoms with Gasteiger partial charge in [0, 0.05) is 5.39 Å². The predicted octanol–water partition coefficient (Wildman–Crippen LogP) is 3.64. The summed E-state index contributed by atoms with van der Waals surface area (Å²) in [5, 5.41) is 1.06. The van der Waals surface area contributed by atoms with Crippen molar-refractivity contribution in [2.75, 3.05) is 5.48 Å². The van der Waals surface area contributed by atoms with E-state index in [0.29, 0.717) is 5.75 Å². The summed E-state index contributed by atoms with van der Waals surface area (Å²) >= 11 is 0. The molecule has 3 rings (SSSR count). The van der Waals surface area contributed by atoms with Gasteiger partial charge in [0.1, 0.15) is 0 Å². The van der Waals surface area contributed by atoms with E-state index in [9.17, 15) is 0 Å². The Hall–Kier alpha value is -2.55. The van der Waals surface area contributed by atoms with E-state index in [2.05, 4.69) is 10.5 Å². The van der Waals surface area contributed by atoms with E-state index in [1.807, 2.05) is 60.7 Å². The first kappa shape index (κ1) is 10.6. The van der Waals surface area contributed by atoms with Gasteiger partial charge in [0.25, 0.3) is 0 Å². The van der Waals surface area contributed by atoms with Crippen LogP contribution in [0.1, 0.15) is 0 Å². The van der Waals surface area contributed by atoms with Gasteiger partial charge in [0.2, 0.25) is 0 Å². The Labute approximate surface area is 105 Å². The molecule has 3 aromatic rings. The molecular formula is C15H12N2O. The van der Waals surface area contributed by atoms with Gasteiger partial charge >= 0.3 is 0 Å². The normalized spacial score (nSPS) is 10.2. The van der Waals surface area contributed by atoms with Crippen LogP contribution in [0.3, 0.4) is 0 Å². The van der Waals surface area contributed by atoms with Gasteiger partial charge in [0.05, 0.1) is 17.4 Å². The van der Waals surface area contributed by atoms with Crippen LogP contribution >= 0.6 is 0 Å². The molecule has 0 unspecified atom stereocenters. The molecule has 1 aromatic heterocycles. The van der Waals surface area contributed by atoms with Crippen molar-refractivity contribution in [3.05, 3.63) is 66.9 Å². The predicted molar refractivity (Wildman–Crippen MR) is 72.4 cm³/mol. The lowest BCUT2D eigenvalue weighted by atomic mass is 10.2. The van der Waals surface area contributed by atoms with Crippen LogP contribution in [-0.4, -0.2) is 4.98 Å². The van der Waals surface area contributed by atoms with Crippen LogP contribution in [0.25, 0.3) is 10.9 Å². The Morgan fingerprint density at radius 2 is 1.67 bits per heavy atom. The number of nitrogens with zero attached hydrogens (tertiary/aromatic N) is 1. The molecule has 0 saturated heterocycles. The highest BCUT2D eigenvalue weighted by Gasteiger charge is 1.98. The second-order valence-electron chi connectivity index (χ2n) is 3.93. The van der Waals surface area contributed by atoms with Crippen molar-refractivity contribution in [3.63, 3.8) is 0 Å². The standard InChI is InChI=1S/C15H12N2O/c1-2-7-13(8-3-1)17-18-14-10-12-6-4-5-9-15(12)16-11-14/h1-11,17H. The van der Waals surface area contributed by atoms with Crippen LogP contribution in [0.15, 0.2) is 66.9 Å². The Morgan fingerprint density at radius 1 is 0.889 bits per heavy atom. The number of nitrogens with one attached hydrogen (secondary N) is 1. The third-order valence-corrected chi connectivity index (χ3v) is 2.63. The van der Waals surface area contributed by atoms with E-state index < -0.39 is 0 Å². The second kappa shape index (κ2) is 4.75. The van der Waals surface area contributed by atoms with E-state index >= 15 is 0 Å². The van der Waals surface area contributed by atoms with Crippen molar-refractivity contribution in [1.29, 1.82) is 0 Å².